The standard InChI is InChI=1S/2C19H18N.C16H20N.2C15H18N/c1-15-8-6-7-11-18(15)19-14-17(12-13-20(19)2)16-9-4-3-5-10-16;1-15-8-6-7-11-18(15)19-13-12-17(14-20(19)2)16-9-4-3-5-10-16;1-11-6-7-15(13(3)8-11)16-9-12(2)14(4)10-17(16)5;1-11-5-7-14(13(3)9-11)15-8-6-12(2)10-16(15)4;1-11-7-5-6-8-14(11)15-9-12(2)13(3)10-16(15)4/h2*3-14H,1-2H3;6-10H,1-5H3;2*5-10H,1-4H3/q5*+1/i;;1D3,4D3;1D3,2D3;3D3. The molecular weight excluding hydrogens is 1080 g/mol. The summed E-state index contributed by atoms with van der Waals surface area (Å²) in [6.07, 6.45) is 9.24. The highest BCUT2D eigenvalue weighted by atomic mass is 14.9. The van der Waals surface area contributed by atoms with Gasteiger partial charge in [-0.15, -0.1) is 0 Å². The molecule has 0 atom stereocenters. The summed E-state index contributed by atoms with van der Waals surface area (Å²) in [7, 11) is 9.66. The first-order valence-corrected chi connectivity index (χ1v) is 29.8. The van der Waals surface area contributed by atoms with Crippen LogP contribution in [0.4, 0.5) is 0 Å². The average molecular weight is 1190 g/mol. The topological polar surface area (TPSA) is 19.4 Å². The Morgan fingerprint density at radius 2 is 0.596 bits per heavy atom. The van der Waals surface area contributed by atoms with Gasteiger partial charge in [0.05, 0.1) is 0 Å². The van der Waals surface area contributed by atoms with Crippen LogP contribution < -0.4 is 22.8 Å². The van der Waals surface area contributed by atoms with Crippen molar-refractivity contribution in [3.05, 3.63) is 316 Å². The lowest BCUT2D eigenvalue weighted by Crippen LogP contribution is -2.31. The van der Waals surface area contributed by atoms with Gasteiger partial charge in [-0.25, -0.2) is 22.8 Å². The molecule has 89 heavy (non-hydrogen) atoms. The van der Waals surface area contributed by atoms with E-state index in [1.807, 2.05) is 62.7 Å². The van der Waals surface area contributed by atoms with Crippen molar-refractivity contribution >= 4 is 0 Å². The summed E-state index contributed by atoms with van der Waals surface area (Å²) < 4.78 is 122. The Labute approximate surface area is 554 Å². The van der Waals surface area contributed by atoms with Crippen molar-refractivity contribution < 1.29 is 43.4 Å². The van der Waals surface area contributed by atoms with E-state index in [0.717, 1.165) is 50.5 Å². The third-order valence-corrected chi connectivity index (χ3v) is 15.9. The number of benzene rings is 7. The quantitative estimate of drug-likeness (QED) is 0.142. The van der Waals surface area contributed by atoms with Crippen molar-refractivity contribution in [3.63, 3.8) is 0 Å². The molecule has 0 aliphatic heterocycles. The summed E-state index contributed by atoms with van der Waals surface area (Å²) in [5.74, 6) is 0. The molecule has 0 fully saturated rings. The first-order chi connectivity index (χ1) is 48.7. The molecule has 0 saturated heterocycles. The number of aromatic nitrogens is 5. The van der Waals surface area contributed by atoms with Crippen LogP contribution in [-0.4, -0.2) is 0 Å². The van der Waals surface area contributed by atoms with Crippen LogP contribution in [0.25, 0.3) is 78.5 Å². The fraction of sp³-hybridized carbons (Fsp3) is 0.202. The summed E-state index contributed by atoms with van der Waals surface area (Å²) >= 11 is 0. The molecular formula is C84H92N5+5. The average Bonchev–Trinajstić information content (AvgIpc) is 0.778. The highest BCUT2D eigenvalue weighted by molar-refractivity contribution is 5.71. The van der Waals surface area contributed by atoms with Crippen LogP contribution in [0.2, 0.25) is 0 Å². The minimum absolute atomic E-state index is 0.274. The Bertz CT molecular complexity index is 4920. The maximum absolute atomic E-state index is 7.58. The SMILES string of the molecule is Cc1ccccc1-c1cc(-c2ccccc2)cc[n+]1C.Cc1ccccc1-c1ccc(-c2ccccc2)c[n+]1C.[2H]C([2H])([2H])c1c[n+](C)c(-c2ccccc2C)cc1C.[2H]C([2H])([2H])c1ccc(-c2cc(C)c(C([2H])([2H])[2H])c[n+]2C)c(C)c1.[2H]C([2H])([2H])c1ccc(-c2ccc(C([2H])([2H])[2H])c[n+]2C)c(C)c1. The number of nitrogens with zero attached hydrogens (tertiary/aromatic N) is 5. The molecule has 448 valence electrons. The summed E-state index contributed by atoms with van der Waals surface area (Å²) in [6, 6.07) is 72.1. The van der Waals surface area contributed by atoms with Crippen LogP contribution >= 0.6 is 0 Å². The Morgan fingerprint density at radius 1 is 0.225 bits per heavy atom. The number of rotatable bonds is 7. The van der Waals surface area contributed by atoms with Gasteiger partial charge in [-0.2, -0.15) is 0 Å². The predicted molar refractivity (Wildman–Crippen MR) is 373 cm³/mol. The zero-order valence-corrected chi connectivity index (χ0v) is 53.4. The van der Waals surface area contributed by atoms with Crippen molar-refractivity contribution in [2.75, 3.05) is 0 Å². The second-order valence-electron chi connectivity index (χ2n) is 22.7. The van der Waals surface area contributed by atoms with Gasteiger partial charge in [0.15, 0.2) is 31.0 Å². The molecule has 5 heterocycles. The number of aryl methyl sites for hydroxylation is 17. The fourth-order valence-electron chi connectivity index (χ4n) is 10.7. The largest absolute Gasteiger partial charge is 0.213 e. The van der Waals surface area contributed by atoms with Crippen LogP contribution in [0, 0.1) is 82.7 Å². The van der Waals surface area contributed by atoms with Gasteiger partial charge >= 0.3 is 0 Å². The first-order valence-electron chi connectivity index (χ1n) is 37.3. The van der Waals surface area contributed by atoms with E-state index in [2.05, 4.69) is 196 Å². The van der Waals surface area contributed by atoms with Gasteiger partial charge in [-0.1, -0.05) is 151 Å². The molecule has 0 unspecified atom stereocenters. The van der Waals surface area contributed by atoms with Gasteiger partial charge in [-0.3, -0.25) is 0 Å². The molecule has 0 aliphatic rings. The maximum Gasteiger partial charge on any atom is 0.213 e. The highest BCUT2D eigenvalue weighted by Gasteiger charge is 2.18. The van der Waals surface area contributed by atoms with E-state index >= 15 is 0 Å². The van der Waals surface area contributed by atoms with Gasteiger partial charge in [0.1, 0.15) is 35.2 Å². The molecule has 5 heteroatoms. The Kier molecular flexibility index (Phi) is 16.1. The van der Waals surface area contributed by atoms with Crippen molar-refractivity contribution in [1.29, 1.82) is 0 Å². The normalized spacial score (nSPS) is 13.7. The minimum atomic E-state index is -2.15. The number of hydrogen-bond donors (Lipinski definition) is 0. The molecule has 0 aliphatic carbocycles. The third kappa shape index (κ3) is 16.9. The van der Waals surface area contributed by atoms with E-state index in [1.165, 1.54) is 61.5 Å². The second kappa shape index (κ2) is 30.3. The Morgan fingerprint density at radius 3 is 1.02 bits per heavy atom. The first kappa shape index (κ1) is 47.4. The summed E-state index contributed by atoms with van der Waals surface area (Å²) in [5.41, 5.74) is 24.2. The fourth-order valence-corrected chi connectivity index (χ4v) is 10.7. The summed E-state index contributed by atoms with van der Waals surface area (Å²) in [5, 5.41) is 0. The van der Waals surface area contributed by atoms with E-state index in [1.54, 1.807) is 97.3 Å². The van der Waals surface area contributed by atoms with E-state index in [-0.39, 0.29) is 5.56 Å². The smallest absolute Gasteiger partial charge is 0.201 e. The van der Waals surface area contributed by atoms with E-state index in [0.29, 0.717) is 27.8 Å². The monoisotopic (exact) mass is 1190 g/mol. The minimum Gasteiger partial charge on any atom is -0.201 e. The molecule has 5 nitrogen and oxygen atoms in total. The molecule has 0 N–H and O–H groups in total. The van der Waals surface area contributed by atoms with E-state index in [9.17, 15) is 0 Å². The van der Waals surface area contributed by atoms with Crippen molar-refractivity contribution in [1.82, 2.24) is 0 Å². The Hall–Kier alpha value is -9.71. The molecule has 12 rings (SSSR count). The van der Waals surface area contributed by atoms with Crippen molar-refractivity contribution in [2.45, 2.75) is 82.7 Å². The van der Waals surface area contributed by atoms with Gasteiger partial charge in [-0.05, 0) is 181 Å². The summed E-state index contributed by atoms with van der Waals surface area (Å²) in [4.78, 5) is 0. The molecule has 0 saturated carbocycles. The molecule has 7 aromatic carbocycles. The van der Waals surface area contributed by atoms with Crippen LogP contribution in [0.15, 0.2) is 249 Å². The third-order valence-electron chi connectivity index (χ3n) is 15.9. The van der Waals surface area contributed by atoms with Crippen molar-refractivity contribution in [2.24, 2.45) is 35.2 Å². The zero-order valence-electron chi connectivity index (χ0n) is 68.4. The summed E-state index contributed by atoms with van der Waals surface area (Å²) in [6.45, 7) is 3.08. The van der Waals surface area contributed by atoms with Crippen LogP contribution in [0.5, 0.6) is 0 Å². The van der Waals surface area contributed by atoms with Crippen molar-refractivity contribution in [3.8, 4) is 78.5 Å². The molecule has 5 aromatic heterocycles. The Balaban J connectivity index is 0.000000165. The maximum atomic E-state index is 7.58. The van der Waals surface area contributed by atoms with Crippen LogP contribution in [0.3, 0.4) is 0 Å². The molecule has 0 amide bonds. The molecule has 0 spiro atoms. The lowest BCUT2D eigenvalue weighted by Gasteiger charge is -2.07. The van der Waals surface area contributed by atoms with Gasteiger partial charge in [0.2, 0.25) is 28.5 Å². The lowest BCUT2D eigenvalue weighted by atomic mass is 10.0. The predicted octanol–water partition coefficient (Wildman–Crippen LogP) is 17.9. The van der Waals surface area contributed by atoms with Gasteiger partial charge in [0, 0.05) is 107 Å². The number of pyridine rings is 5. The molecule has 12 aromatic rings. The lowest BCUT2D eigenvalue weighted by molar-refractivity contribution is -0.660. The second-order valence-corrected chi connectivity index (χ2v) is 22.7. The number of hydrogen-bond acceptors (Lipinski definition) is 0. The highest BCUT2D eigenvalue weighted by Crippen LogP contribution is 2.28. The zero-order chi connectivity index (χ0) is 76.4. The molecule has 0 radical (unpaired) electrons. The van der Waals surface area contributed by atoms with Crippen LogP contribution in [-0.2, 0) is 35.2 Å². The van der Waals surface area contributed by atoms with E-state index < -0.39 is 34.3 Å². The van der Waals surface area contributed by atoms with Gasteiger partial charge in [0.25, 0.3) is 0 Å². The van der Waals surface area contributed by atoms with Crippen LogP contribution in [0.1, 0.15) is 87.3 Å². The van der Waals surface area contributed by atoms with Gasteiger partial charge < -0.3 is 0 Å². The molecule has 0 bridgehead atoms. The van der Waals surface area contributed by atoms with E-state index in [4.69, 9.17) is 20.6 Å².